The molecule has 102 valence electrons. The van der Waals surface area contributed by atoms with E-state index in [1.165, 1.54) is 6.92 Å². The van der Waals surface area contributed by atoms with Gasteiger partial charge in [-0.15, -0.1) is 0 Å². The average Bonchev–Trinajstić information content (AvgIpc) is 2.37. The summed E-state index contributed by atoms with van der Waals surface area (Å²) < 4.78 is 6.37. The summed E-state index contributed by atoms with van der Waals surface area (Å²) >= 11 is 2.19. The third kappa shape index (κ3) is 2.56. The Bertz CT molecular complexity index is 683. The van der Waals surface area contributed by atoms with E-state index in [0.717, 1.165) is 9.13 Å². The Kier molecular flexibility index (Phi) is 4.14. The van der Waals surface area contributed by atoms with E-state index >= 15 is 0 Å². The number of hydrogen-bond donors (Lipinski definition) is 1. The van der Waals surface area contributed by atoms with Gasteiger partial charge in [-0.05, 0) is 54.1 Å². The second kappa shape index (κ2) is 5.67. The number of Topliss-reactive ketones (excluding diaryl/α,β-unsaturated/α-hetero) is 1. The molecule has 0 fully saturated rings. The van der Waals surface area contributed by atoms with E-state index in [-0.39, 0.29) is 17.2 Å². The molecule has 0 spiro atoms. The van der Waals surface area contributed by atoms with Crippen LogP contribution in [0.2, 0.25) is 0 Å². The molecule has 0 radical (unpaired) electrons. The van der Waals surface area contributed by atoms with Crippen molar-refractivity contribution < 1.29 is 9.53 Å². The molecule has 0 unspecified atom stereocenters. The van der Waals surface area contributed by atoms with Crippen molar-refractivity contribution >= 4 is 28.4 Å². The number of ether oxygens (including phenoxy) is 1. The van der Waals surface area contributed by atoms with Gasteiger partial charge in [0.15, 0.2) is 5.78 Å². The van der Waals surface area contributed by atoms with Crippen LogP contribution in [0.5, 0.6) is 0 Å². The highest BCUT2D eigenvalue weighted by molar-refractivity contribution is 14.1. The molecule has 1 aliphatic rings. The summed E-state index contributed by atoms with van der Waals surface area (Å²) in [5.74, 6) is -0.0516. The lowest BCUT2D eigenvalue weighted by molar-refractivity contribution is -0.114. The first kappa shape index (κ1) is 14.6. The Balaban J connectivity index is 2.67. The fourth-order valence-electron chi connectivity index (χ4n) is 2.36. The predicted molar refractivity (Wildman–Crippen MR) is 83.2 cm³/mol. The molecule has 1 atom stereocenters. The zero-order chi connectivity index (χ0) is 14.9. The van der Waals surface area contributed by atoms with Crippen molar-refractivity contribution in [3.8, 4) is 6.07 Å². The van der Waals surface area contributed by atoms with Crippen molar-refractivity contribution in [1.29, 1.82) is 5.26 Å². The first-order valence-electron chi connectivity index (χ1n) is 6.00. The molecule has 5 heteroatoms. The standard InChI is InChI=1S/C15H13IN2O2/c1-8(19)13-9(2)20-15(18)12(7-17)14(13)10-4-3-5-11(16)6-10/h3-6,14H,18H2,1-2H3/t14-/m0/s1. The number of carbonyl (C=O) groups is 1. The molecule has 2 rings (SSSR count). The van der Waals surface area contributed by atoms with Gasteiger partial charge >= 0.3 is 0 Å². The van der Waals surface area contributed by atoms with Gasteiger partial charge in [0.1, 0.15) is 17.4 Å². The number of rotatable bonds is 2. The summed E-state index contributed by atoms with van der Waals surface area (Å²) in [6, 6.07) is 9.74. The maximum atomic E-state index is 11.9. The van der Waals surface area contributed by atoms with Gasteiger partial charge in [0.25, 0.3) is 0 Å². The first-order chi connectivity index (χ1) is 9.45. The van der Waals surface area contributed by atoms with E-state index in [1.807, 2.05) is 24.3 Å². The summed E-state index contributed by atoms with van der Waals surface area (Å²) in [7, 11) is 0. The minimum atomic E-state index is -0.457. The quantitative estimate of drug-likeness (QED) is 0.801. The van der Waals surface area contributed by atoms with Gasteiger partial charge in [-0.2, -0.15) is 5.26 Å². The van der Waals surface area contributed by atoms with Crippen LogP contribution in [0.4, 0.5) is 0 Å². The Labute approximate surface area is 131 Å². The van der Waals surface area contributed by atoms with Crippen LogP contribution in [0.1, 0.15) is 25.3 Å². The molecular weight excluding hydrogens is 367 g/mol. The van der Waals surface area contributed by atoms with Gasteiger partial charge in [0, 0.05) is 9.14 Å². The fraction of sp³-hybridized carbons (Fsp3) is 0.200. The van der Waals surface area contributed by atoms with E-state index in [2.05, 4.69) is 28.7 Å². The highest BCUT2D eigenvalue weighted by Gasteiger charge is 2.33. The predicted octanol–water partition coefficient (Wildman–Crippen LogP) is 2.96. The smallest absolute Gasteiger partial charge is 0.205 e. The lowest BCUT2D eigenvalue weighted by atomic mass is 9.81. The van der Waals surface area contributed by atoms with E-state index in [0.29, 0.717) is 11.3 Å². The zero-order valence-corrected chi connectivity index (χ0v) is 13.3. The summed E-state index contributed by atoms with van der Waals surface area (Å²) in [5.41, 5.74) is 7.43. The van der Waals surface area contributed by atoms with Gasteiger partial charge in [-0.1, -0.05) is 12.1 Å². The van der Waals surface area contributed by atoms with Crippen molar-refractivity contribution in [3.05, 3.63) is 56.2 Å². The Morgan fingerprint density at radius 2 is 2.20 bits per heavy atom. The number of halogens is 1. The molecule has 1 aromatic rings. The van der Waals surface area contributed by atoms with Crippen LogP contribution in [-0.4, -0.2) is 5.78 Å². The average molecular weight is 380 g/mol. The van der Waals surface area contributed by atoms with Crippen LogP contribution in [0.15, 0.2) is 47.1 Å². The maximum absolute atomic E-state index is 11.9. The van der Waals surface area contributed by atoms with Crippen molar-refractivity contribution in [2.75, 3.05) is 0 Å². The van der Waals surface area contributed by atoms with Crippen LogP contribution in [-0.2, 0) is 9.53 Å². The fourth-order valence-corrected chi connectivity index (χ4v) is 2.92. The monoisotopic (exact) mass is 380 g/mol. The molecule has 2 N–H and O–H groups in total. The van der Waals surface area contributed by atoms with Crippen molar-refractivity contribution in [1.82, 2.24) is 0 Å². The molecule has 0 saturated heterocycles. The van der Waals surface area contributed by atoms with E-state index < -0.39 is 5.92 Å². The summed E-state index contributed by atoms with van der Waals surface area (Å²) in [5, 5.41) is 9.34. The second-order valence-electron chi connectivity index (χ2n) is 4.51. The number of nitriles is 1. The van der Waals surface area contributed by atoms with Gasteiger partial charge in [-0.25, -0.2) is 0 Å². The van der Waals surface area contributed by atoms with Crippen LogP contribution < -0.4 is 5.73 Å². The molecule has 0 saturated carbocycles. The normalized spacial score (nSPS) is 18.6. The summed E-state index contributed by atoms with van der Waals surface area (Å²) in [6.45, 7) is 3.16. The van der Waals surface area contributed by atoms with Crippen molar-refractivity contribution in [3.63, 3.8) is 0 Å². The SMILES string of the molecule is CC(=O)C1=C(C)OC(N)=C(C#N)[C@@H]1c1cccc(I)c1. The third-order valence-corrected chi connectivity index (χ3v) is 3.84. The van der Waals surface area contributed by atoms with Crippen LogP contribution in [0.25, 0.3) is 0 Å². The molecule has 4 nitrogen and oxygen atoms in total. The second-order valence-corrected chi connectivity index (χ2v) is 5.75. The lowest BCUT2D eigenvalue weighted by Gasteiger charge is -2.26. The molecule has 1 heterocycles. The van der Waals surface area contributed by atoms with E-state index in [4.69, 9.17) is 10.5 Å². The molecule has 0 aliphatic carbocycles. The number of hydrogen-bond acceptors (Lipinski definition) is 4. The van der Waals surface area contributed by atoms with Crippen LogP contribution in [0.3, 0.4) is 0 Å². The highest BCUT2D eigenvalue weighted by atomic mass is 127. The van der Waals surface area contributed by atoms with Crippen molar-refractivity contribution in [2.24, 2.45) is 5.73 Å². The van der Waals surface area contributed by atoms with E-state index in [9.17, 15) is 10.1 Å². The number of allylic oxidation sites excluding steroid dienone is 3. The van der Waals surface area contributed by atoms with Gasteiger partial charge in [0.2, 0.25) is 5.88 Å². The minimum Gasteiger partial charge on any atom is -0.445 e. The number of nitrogens with two attached hydrogens (primary N) is 1. The molecular formula is C15H13IN2O2. The minimum absolute atomic E-state index is 0.0684. The van der Waals surface area contributed by atoms with Gasteiger partial charge in [-0.3, -0.25) is 4.79 Å². The van der Waals surface area contributed by atoms with Crippen LogP contribution in [0, 0.1) is 14.9 Å². The topological polar surface area (TPSA) is 76.1 Å². The third-order valence-electron chi connectivity index (χ3n) is 3.17. The molecule has 0 aromatic heterocycles. The Hall–Kier alpha value is -1.81. The van der Waals surface area contributed by atoms with Gasteiger partial charge < -0.3 is 10.5 Å². The van der Waals surface area contributed by atoms with Crippen LogP contribution >= 0.6 is 22.6 Å². The summed E-state index contributed by atoms with van der Waals surface area (Å²) in [4.78, 5) is 11.9. The Morgan fingerprint density at radius 3 is 2.75 bits per heavy atom. The first-order valence-corrected chi connectivity index (χ1v) is 7.08. The zero-order valence-electron chi connectivity index (χ0n) is 11.1. The molecule has 1 aromatic carbocycles. The van der Waals surface area contributed by atoms with E-state index in [1.54, 1.807) is 6.92 Å². The lowest BCUT2D eigenvalue weighted by Crippen LogP contribution is -2.23. The number of carbonyl (C=O) groups excluding carboxylic acids is 1. The molecule has 0 bridgehead atoms. The molecule has 1 aliphatic heterocycles. The number of nitrogens with zero attached hydrogens (tertiary/aromatic N) is 1. The molecule has 20 heavy (non-hydrogen) atoms. The molecule has 0 amide bonds. The maximum Gasteiger partial charge on any atom is 0.205 e. The largest absolute Gasteiger partial charge is 0.445 e. The summed E-state index contributed by atoms with van der Waals surface area (Å²) in [6.07, 6.45) is 0. The van der Waals surface area contributed by atoms with Gasteiger partial charge in [0.05, 0.1) is 5.92 Å². The number of benzene rings is 1. The highest BCUT2D eigenvalue weighted by Crippen LogP contribution is 2.39. The Morgan fingerprint density at radius 1 is 1.50 bits per heavy atom. The van der Waals surface area contributed by atoms with Crippen molar-refractivity contribution in [2.45, 2.75) is 19.8 Å². The number of ketones is 1.